The molecule has 0 spiro atoms. The van der Waals surface area contributed by atoms with Crippen LogP contribution in [-0.4, -0.2) is 44.3 Å². The van der Waals surface area contributed by atoms with Crippen molar-refractivity contribution < 1.29 is 18.0 Å². The molecule has 1 atom stereocenters. The largest absolute Gasteiger partial charge is 0.353 e. The average Bonchev–Trinajstić information content (AvgIpc) is 2.85. The highest BCUT2D eigenvalue weighted by Crippen LogP contribution is 2.24. The molecule has 2 aromatic rings. The van der Waals surface area contributed by atoms with Gasteiger partial charge in [0.05, 0.1) is 10.8 Å². The van der Waals surface area contributed by atoms with Crippen molar-refractivity contribution in [2.24, 2.45) is 5.92 Å². The Morgan fingerprint density at radius 1 is 0.914 bits per heavy atom. The number of nitrogens with one attached hydrogen (secondary N) is 2. The highest BCUT2D eigenvalue weighted by molar-refractivity contribution is 7.92. The van der Waals surface area contributed by atoms with Crippen LogP contribution in [0.5, 0.6) is 0 Å². The fourth-order valence-electron chi connectivity index (χ4n) is 4.94. The lowest BCUT2D eigenvalue weighted by Gasteiger charge is -2.33. The molecule has 2 aromatic carbocycles. The molecule has 2 amide bonds. The molecule has 2 fully saturated rings. The minimum atomic E-state index is -3.78. The molecular weight excluding hydrogens is 462 g/mol. The first-order chi connectivity index (χ1) is 16.7. The Hall–Kier alpha value is -2.87. The minimum Gasteiger partial charge on any atom is -0.353 e. The van der Waals surface area contributed by atoms with Crippen LogP contribution in [0.15, 0.2) is 47.4 Å². The van der Waals surface area contributed by atoms with Crippen LogP contribution in [0.3, 0.4) is 0 Å². The molecule has 1 aliphatic heterocycles. The number of benzene rings is 2. The van der Waals surface area contributed by atoms with Gasteiger partial charge in [0, 0.05) is 30.4 Å². The van der Waals surface area contributed by atoms with Crippen LogP contribution < -0.4 is 10.0 Å². The summed E-state index contributed by atoms with van der Waals surface area (Å²) >= 11 is 0. The smallest absolute Gasteiger partial charge is 0.261 e. The summed E-state index contributed by atoms with van der Waals surface area (Å²) in [5.41, 5.74) is 2.64. The van der Waals surface area contributed by atoms with Crippen molar-refractivity contribution in [2.75, 3.05) is 17.8 Å². The number of aryl methyl sites for hydroxylation is 2. The van der Waals surface area contributed by atoms with Gasteiger partial charge in [0.1, 0.15) is 0 Å². The first kappa shape index (κ1) is 25.2. The van der Waals surface area contributed by atoms with Crippen molar-refractivity contribution in [1.82, 2.24) is 10.2 Å². The lowest BCUT2D eigenvalue weighted by Crippen LogP contribution is -2.47. The minimum absolute atomic E-state index is 0.0457. The summed E-state index contributed by atoms with van der Waals surface area (Å²) in [6, 6.07) is 11.8. The van der Waals surface area contributed by atoms with E-state index < -0.39 is 10.0 Å². The number of amides is 2. The monoisotopic (exact) mass is 497 g/mol. The molecule has 7 nitrogen and oxygen atoms in total. The zero-order chi connectivity index (χ0) is 25.0. The molecule has 4 rings (SSSR count). The third-order valence-corrected chi connectivity index (χ3v) is 8.56. The molecule has 0 bridgehead atoms. The fraction of sp³-hybridized carbons (Fsp3) is 0.481. The number of nitrogens with zero attached hydrogens (tertiary/aromatic N) is 1. The van der Waals surface area contributed by atoms with Crippen molar-refractivity contribution in [2.45, 2.75) is 69.7 Å². The molecule has 2 N–H and O–H groups in total. The van der Waals surface area contributed by atoms with Gasteiger partial charge in [-0.05, 0) is 81.0 Å². The first-order valence-electron chi connectivity index (χ1n) is 12.5. The number of likely N-dealkylation sites (tertiary alicyclic amines) is 1. The topological polar surface area (TPSA) is 95.6 Å². The Morgan fingerprint density at radius 3 is 2.43 bits per heavy atom. The van der Waals surface area contributed by atoms with Crippen molar-refractivity contribution in [3.05, 3.63) is 59.2 Å². The number of carbonyl (C=O) groups is 2. The maximum atomic E-state index is 13.2. The SMILES string of the molecule is Cc1ccc(S(=O)(=O)Nc2cccc(C(=O)N3CCCC(C(=O)NC4CCCCC4)C3)c2)cc1C. The Balaban J connectivity index is 1.42. The predicted octanol–water partition coefficient (Wildman–Crippen LogP) is 4.41. The standard InChI is InChI=1S/C27H35N3O4S/c1-19-13-14-25(16-20(19)2)35(33,34)29-24-12-6-8-21(17-24)27(32)30-15-7-9-22(18-30)26(31)28-23-10-4-3-5-11-23/h6,8,12-14,16-17,22-23,29H,3-5,7,9-11,15,18H2,1-2H3,(H,28,31). The van der Waals surface area contributed by atoms with E-state index in [4.69, 9.17) is 0 Å². The van der Waals surface area contributed by atoms with Gasteiger partial charge in [-0.3, -0.25) is 14.3 Å². The number of sulfonamides is 1. The molecule has 0 aromatic heterocycles. The van der Waals surface area contributed by atoms with E-state index in [9.17, 15) is 18.0 Å². The molecule has 0 radical (unpaired) electrons. The molecule has 1 saturated carbocycles. The molecule has 2 aliphatic rings. The summed E-state index contributed by atoms with van der Waals surface area (Å²) in [5.74, 6) is -0.349. The number of piperidine rings is 1. The number of hydrogen-bond donors (Lipinski definition) is 2. The van der Waals surface area contributed by atoms with E-state index in [0.29, 0.717) is 24.3 Å². The van der Waals surface area contributed by atoms with Crippen LogP contribution in [0.1, 0.15) is 66.4 Å². The molecule has 188 valence electrons. The zero-order valence-corrected chi connectivity index (χ0v) is 21.4. The molecule has 1 aliphatic carbocycles. The summed E-state index contributed by atoms with van der Waals surface area (Å²) in [4.78, 5) is 28.0. The van der Waals surface area contributed by atoms with Gasteiger partial charge in [-0.15, -0.1) is 0 Å². The van der Waals surface area contributed by atoms with Gasteiger partial charge >= 0.3 is 0 Å². The van der Waals surface area contributed by atoms with Crippen LogP contribution >= 0.6 is 0 Å². The summed E-state index contributed by atoms with van der Waals surface area (Å²) < 4.78 is 28.3. The van der Waals surface area contributed by atoms with Crippen LogP contribution in [0, 0.1) is 19.8 Å². The Morgan fingerprint density at radius 2 is 1.69 bits per heavy atom. The second-order valence-corrected chi connectivity index (χ2v) is 11.5. The van der Waals surface area contributed by atoms with Crippen LogP contribution in [0.4, 0.5) is 5.69 Å². The summed E-state index contributed by atoms with van der Waals surface area (Å²) in [5, 5.41) is 3.19. The molecular formula is C27H35N3O4S. The Kier molecular flexibility index (Phi) is 7.79. The van der Waals surface area contributed by atoms with E-state index in [2.05, 4.69) is 10.0 Å². The summed E-state index contributed by atoms with van der Waals surface area (Å²) in [6.45, 7) is 4.77. The van der Waals surface area contributed by atoms with Gasteiger partial charge in [-0.1, -0.05) is 31.4 Å². The zero-order valence-electron chi connectivity index (χ0n) is 20.5. The number of rotatable bonds is 6. The number of hydrogen-bond acceptors (Lipinski definition) is 4. The van der Waals surface area contributed by atoms with Crippen molar-refractivity contribution in [3.63, 3.8) is 0 Å². The highest BCUT2D eigenvalue weighted by Gasteiger charge is 2.30. The summed E-state index contributed by atoms with van der Waals surface area (Å²) in [6.07, 6.45) is 7.16. The fourth-order valence-corrected chi connectivity index (χ4v) is 6.07. The summed E-state index contributed by atoms with van der Waals surface area (Å²) in [7, 11) is -3.78. The molecule has 8 heteroatoms. The van der Waals surface area contributed by atoms with E-state index in [0.717, 1.165) is 49.7 Å². The molecule has 1 unspecified atom stereocenters. The van der Waals surface area contributed by atoms with E-state index in [1.54, 1.807) is 47.4 Å². The second kappa shape index (κ2) is 10.8. The quantitative estimate of drug-likeness (QED) is 0.618. The van der Waals surface area contributed by atoms with Crippen LogP contribution in [-0.2, 0) is 14.8 Å². The average molecular weight is 498 g/mol. The number of anilines is 1. The van der Waals surface area contributed by atoms with Crippen molar-refractivity contribution in [3.8, 4) is 0 Å². The Bertz CT molecular complexity index is 1190. The molecule has 35 heavy (non-hydrogen) atoms. The third kappa shape index (κ3) is 6.23. The van der Waals surface area contributed by atoms with Crippen molar-refractivity contribution >= 4 is 27.5 Å². The maximum absolute atomic E-state index is 13.2. The van der Waals surface area contributed by atoms with Gasteiger partial charge in [0.15, 0.2) is 0 Å². The molecule has 1 saturated heterocycles. The van der Waals surface area contributed by atoms with Gasteiger partial charge < -0.3 is 10.2 Å². The van der Waals surface area contributed by atoms with Crippen LogP contribution in [0.25, 0.3) is 0 Å². The van der Waals surface area contributed by atoms with E-state index in [1.807, 2.05) is 13.8 Å². The second-order valence-electron chi connectivity index (χ2n) is 9.87. The van der Waals surface area contributed by atoms with Gasteiger partial charge in [0.2, 0.25) is 5.91 Å². The lowest BCUT2D eigenvalue weighted by molar-refractivity contribution is -0.127. The molecule has 1 heterocycles. The normalized spacial score (nSPS) is 19.3. The van der Waals surface area contributed by atoms with E-state index >= 15 is 0 Å². The first-order valence-corrected chi connectivity index (χ1v) is 14.0. The highest BCUT2D eigenvalue weighted by atomic mass is 32.2. The predicted molar refractivity (Wildman–Crippen MR) is 137 cm³/mol. The Labute approximate surface area is 208 Å². The van der Waals surface area contributed by atoms with Gasteiger partial charge in [0.25, 0.3) is 15.9 Å². The van der Waals surface area contributed by atoms with Gasteiger partial charge in [-0.2, -0.15) is 0 Å². The third-order valence-electron chi connectivity index (χ3n) is 7.18. The maximum Gasteiger partial charge on any atom is 0.261 e. The van der Waals surface area contributed by atoms with Crippen LogP contribution in [0.2, 0.25) is 0 Å². The van der Waals surface area contributed by atoms with Gasteiger partial charge in [-0.25, -0.2) is 8.42 Å². The van der Waals surface area contributed by atoms with E-state index in [1.165, 1.54) is 6.42 Å². The van der Waals surface area contributed by atoms with Crippen molar-refractivity contribution in [1.29, 1.82) is 0 Å². The van der Waals surface area contributed by atoms with E-state index in [-0.39, 0.29) is 28.7 Å². The lowest BCUT2D eigenvalue weighted by atomic mass is 9.92. The number of carbonyl (C=O) groups excluding carboxylic acids is 2.